The quantitative estimate of drug-likeness (QED) is 0.859. The fraction of sp³-hybridized carbons (Fsp3) is 0.947. The van der Waals surface area contributed by atoms with Crippen molar-refractivity contribution >= 4 is 6.09 Å². The molecule has 2 bridgehead atoms. The molecule has 0 radical (unpaired) electrons. The lowest BCUT2D eigenvalue weighted by Gasteiger charge is -2.30. The maximum absolute atomic E-state index is 12.2. The van der Waals surface area contributed by atoms with E-state index in [0.29, 0.717) is 12.0 Å². The highest BCUT2D eigenvalue weighted by atomic mass is 16.6. The maximum Gasteiger partial charge on any atom is 0.410 e. The van der Waals surface area contributed by atoms with Crippen LogP contribution in [0.15, 0.2) is 0 Å². The fourth-order valence-electron chi connectivity index (χ4n) is 5.15. The Hall–Kier alpha value is -0.770. The molecule has 5 atom stereocenters. The molecule has 3 fully saturated rings. The average molecular weight is 322 g/mol. The van der Waals surface area contributed by atoms with E-state index >= 15 is 0 Å². The van der Waals surface area contributed by atoms with Crippen LogP contribution in [-0.4, -0.2) is 42.8 Å². The van der Waals surface area contributed by atoms with E-state index in [0.717, 1.165) is 37.3 Å². The van der Waals surface area contributed by atoms with E-state index in [2.05, 4.69) is 12.4 Å². The molecule has 1 saturated heterocycles. The van der Waals surface area contributed by atoms with Gasteiger partial charge in [-0.3, -0.25) is 0 Å². The second-order valence-electron chi connectivity index (χ2n) is 9.04. The second kappa shape index (κ2) is 6.62. The smallest absolute Gasteiger partial charge is 0.410 e. The van der Waals surface area contributed by atoms with Crippen LogP contribution in [-0.2, 0) is 4.74 Å². The minimum atomic E-state index is -0.402. The number of ether oxygens (including phenoxy) is 1. The van der Waals surface area contributed by atoms with Gasteiger partial charge in [0.25, 0.3) is 0 Å². The van der Waals surface area contributed by atoms with Gasteiger partial charge in [0.2, 0.25) is 0 Å². The molecule has 0 aromatic rings. The van der Waals surface area contributed by atoms with Crippen LogP contribution in [0.25, 0.3) is 0 Å². The van der Waals surface area contributed by atoms with Crippen molar-refractivity contribution in [3.05, 3.63) is 0 Å². The maximum atomic E-state index is 12.2. The first-order valence-corrected chi connectivity index (χ1v) is 9.51. The van der Waals surface area contributed by atoms with Crippen molar-refractivity contribution in [3.8, 4) is 0 Å². The molecule has 3 rings (SSSR count). The molecule has 2 saturated carbocycles. The third-order valence-corrected chi connectivity index (χ3v) is 6.26. The van der Waals surface area contributed by atoms with Crippen LogP contribution >= 0.6 is 0 Å². The zero-order valence-corrected chi connectivity index (χ0v) is 15.3. The monoisotopic (exact) mass is 322 g/mol. The molecule has 0 aromatic carbocycles. The number of carbonyl (C=O) groups is 1. The highest BCUT2D eigenvalue weighted by Gasteiger charge is 2.42. The van der Waals surface area contributed by atoms with Gasteiger partial charge >= 0.3 is 6.09 Å². The van der Waals surface area contributed by atoms with Gasteiger partial charge in [-0.25, -0.2) is 4.79 Å². The summed E-state index contributed by atoms with van der Waals surface area (Å²) in [6.45, 7) is 7.49. The first-order chi connectivity index (χ1) is 10.9. The Bertz CT molecular complexity index is 432. The Labute approximate surface area is 141 Å². The summed E-state index contributed by atoms with van der Waals surface area (Å²) < 4.78 is 5.52. The van der Waals surface area contributed by atoms with Crippen molar-refractivity contribution in [1.82, 2.24) is 10.2 Å². The highest BCUT2D eigenvalue weighted by molar-refractivity contribution is 5.68. The molecule has 1 amide bonds. The van der Waals surface area contributed by atoms with Crippen LogP contribution in [0.2, 0.25) is 0 Å². The molecule has 0 spiro atoms. The fourth-order valence-corrected chi connectivity index (χ4v) is 5.15. The molecule has 1 N–H and O–H groups in total. The first-order valence-electron chi connectivity index (χ1n) is 9.51. The molecule has 3 aliphatic rings. The van der Waals surface area contributed by atoms with Crippen LogP contribution in [0.5, 0.6) is 0 Å². The Balaban J connectivity index is 1.51. The number of hydrogen-bond acceptors (Lipinski definition) is 3. The van der Waals surface area contributed by atoms with Gasteiger partial charge in [-0.15, -0.1) is 0 Å². The van der Waals surface area contributed by atoms with Gasteiger partial charge in [-0.1, -0.05) is 6.42 Å². The van der Waals surface area contributed by atoms with E-state index in [1.165, 1.54) is 32.1 Å². The lowest BCUT2D eigenvalue weighted by molar-refractivity contribution is 0.0284. The van der Waals surface area contributed by atoms with Crippen LogP contribution in [0.3, 0.4) is 0 Å². The van der Waals surface area contributed by atoms with E-state index in [-0.39, 0.29) is 6.09 Å². The topological polar surface area (TPSA) is 41.6 Å². The SMILES string of the molecule is CNC(CC1CC2CCC1C2)C1CCN(C(=O)OC(C)(C)C)C1. The Morgan fingerprint density at radius 1 is 1.26 bits per heavy atom. The van der Waals surface area contributed by atoms with Gasteiger partial charge < -0.3 is 15.0 Å². The van der Waals surface area contributed by atoms with Crippen molar-refractivity contribution in [2.75, 3.05) is 20.1 Å². The molecule has 132 valence electrons. The normalized spacial score (nSPS) is 34.9. The summed E-state index contributed by atoms with van der Waals surface area (Å²) in [6, 6.07) is 0.548. The molecule has 0 aromatic heterocycles. The number of nitrogens with zero attached hydrogens (tertiary/aromatic N) is 1. The van der Waals surface area contributed by atoms with E-state index in [4.69, 9.17) is 4.74 Å². The first kappa shape index (κ1) is 17.1. The highest BCUT2D eigenvalue weighted by Crippen LogP contribution is 2.50. The van der Waals surface area contributed by atoms with Crippen LogP contribution in [0, 0.1) is 23.7 Å². The Morgan fingerprint density at radius 3 is 2.61 bits per heavy atom. The largest absolute Gasteiger partial charge is 0.444 e. The van der Waals surface area contributed by atoms with Crippen LogP contribution < -0.4 is 5.32 Å². The van der Waals surface area contributed by atoms with Gasteiger partial charge in [0.05, 0.1) is 0 Å². The number of hydrogen-bond donors (Lipinski definition) is 1. The van der Waals surface area contributed by atoms with Crippen molar-refractivity contribution < 1.29 is 9.53 Å². The zero-order chi connectivity index (χ0) is 16.6. The van der Waals surface area contributed by atoms with Crippen molar-refractivity contribution in [2.45, 2.75) is 70.9 Å². The molecule has 4 heteroatoms. The third kappa shape index (κ3) is 4.01. The molecule has 2 aliphatic carbocycles. The van der Waals surface area contributed by atoms with Gasteiger partial charge in [0, 0.05) is 19.1 Å². The standard InChI is InChI=1S/C19H34N2O2/c1-19(2,3)23-18(22)21-8-7-15(12-21)17(20-4)11-16-10-13-5-6-14(16)9-13/h13-17,20H,5-12H2,1-4H3. The Morgan fingerprint density at radius 2 is 2.04 bits per heavy atom. The van der Waals surface area contributed by atoms with Crippen LogP contribution in [0.1, 0.15) is 59.3 Å². The molecule has 1 heterocycles. The van der Waals surface area contributed by atoms with Gasteiger partial charge in [0.15, 0.2) is 0 Å². The van der Waals surface area contributed by atoms with E-state index < -0.39 is 5.60 Å². The summed E-state index contributed by atoms with van der Waals surface area (Å²) >= 11 is 0. The summed E-state index contributed by atoms with van der Waals surface area (Å²) in [5.74, 6) is 3.50. The van der Waals surface area contributed by atoms with E-state index in [9.17, 15) is 4.79 Å². The number of nitrogens with one attached hydrogen (secondary N) is 1. The summed E-state index contributed by atoms with van der Waals surface area (Å²) in [5.41, 5.74) is -0.402. The number of likely N-dealkylation sites (tertiary alicyclic amines) is 1. The molecular weight excluding hydrogens is 288 g/mol. The lowest BCUT2D eigenvalue weighted by atomic mass is 9.81. The minimum Gasteiger partial charge on any atom is -0.444 e. The second-order valence-corrected chi connectivity index (χ2v) is 9.04. The van der Waals surface area contributed by atoms with Crippen molar-refractivity contribution in [2.24, 2.45) is 23.7 Å². The summed E-state index contributed by atoms with van der Waals surface area (Å²) in [7, 11) is 2.09. The van der Waals surface area contributed by atoms with Crippen molar-refractivity contribution in [1.29, 1.82) is 0 Å². The zero-order valence-electron chi connectivity index (χ0n) is 15.3. The summed E-state index contributed by atoms with van der Waals surface area (Å²) in [4.78, 5) is 14.2. The van der Waals surface area contributed by atoms with Crippen molar-refractivity contribution in [3.63, 3.8) is 0 Å². The summed E-state index contributed by atoms with van der Waals surface area (Å²) in [5, 5.41) is 3.56. The van der Waals surface area contributed by atoms with E-state index in [1.807, 2.05) is 25.7 Å². The lowest BCUT2D eigenvalue weighted by Crippen LogP contribution is -2.40. The molecule has 5 unspecified atom stereocenters. The predicted octanol–water partition coefficient (Wildman–Crippen LogP) is 3.66. The molecular formula is C19H34N2O2. The average Bonchev–Trinajstić information content (AvgIpc) is 3.18. The molecule has 4 nitrogen and oxygen atoms in total. The van der Waals surface area contributed by atoms with E-state index in [1.54, 1.807) is 0 Å². The predicted molar refractivity (Wildman–Crippen MR) is 92.3 cm³/mol. The molecule has 23 heavy (non-hydrogen) atoms. The molecule has 1 aliphatic heterocycles. The third-order valence-electron chi connectivity index (χ3n) is 6.26. The van der Waals surface area contributed by atoms with Gasteiger partial charge in [-0.05, 0) is 83.6 Å². The Kier molecular flexibility index (Phi) is 4.91. The summed E-state index contributed by atoms with van der Waals surface area (Å²) in [6.07, 6.45) is 8.12. The minimum absolute atomic E-state index is 0.144. The number of rotatable bonds is 4. The van der Waals surface area contributed by atoms with Crippen LogP contribution in [0.4, 0.5) is 4.79 Å². The number of amides is 1. The number of carbonyl (C=O) groups excluding carboxylic acids is 1. The van der Waals surface area contributed by atoms with Gasteiger partial charge in [-0.2, -0.15) is 0 Å². The van der Waals surface area contributed by atoms with Gasteiger partial charge in [0.1, 0.15) is 5.60 Å². The number of fused-ring (bicyclic) bond motifs is 2.